The Morgan fingerprint density at radius 1 is 0.744 bits per heavy atom. The summed E-state index contributed by atoms with van der Waals surface area (Å²) < 4.78 is 22.0. The molecule has 3 aromatic carbocycles. The van der Waals surface area contributed by atoms with Gasteiger partial charge in [0.1, 0.15) is 0 Å². The molecule has 5 rings (SSSR count). The van der Waals surface area contributed by atoms with Crippen LogP contribution in [0.25, 0.3) is 22.5 Å². The fraction of sp³-hybridized carbons (Fsp3) is 0.200. The molecular formula is C35H36IrN2Si-2. The summed E-state index contributed by atoms with van der Waals surface area (Å²) in [5.41, 5.74) is 6.47. The maximum atomic E-state index is 7.35. The third-order valence-electron chi connectivity index (χ3n) is 6.68. The van der Waals surface area contributed by atoms with Crippen LogP contribution in [-0.2, 0) is 25.5 Å². The quantitative estimate of drug-likeness (QED) is 0.136. The van der Waals surface area contributed by atoms with E-state index in [1.807, 2.05) is 42.7 Å². The van der Waals surface area contributed by atoms with Gasteiger partial charge in [0.25, 0.3) is 0 Å². The van der Waals surface area contributed by atoms with Crippen molar-refractivity contribution >= 4 is 13.3 Å². The second kappa shape index (κ2) is 13.3. The zero-order valence-electron chi connectivity index (χ0n) is 26.1. The topological polar surface area (TPSA) is 25.8 Å². The van der Waals surface area contributed by atoms with Crippen molar-refractivity contribution in [2.45, 2.75) is 45.8 Å². The molecule has 4 heteroatoms. The standard InChI is InChI=1S/C20H18N.C15H18NSi.Ir/c1-20(2,17-11-7-4-8-12-17)18-13-14-21-19(15-18)16-9-5-3-6-10-16;1-12-5-7-13(8-6-12)15-10-9-14(11-16-15)17(2,3)4;/h3-9,11-15H,1-2H3;5-7,9-11H,1-4H3;/q2*-1;/i;1D3;. The molecule has 5 aromatic rings. The molecule has 0 saturated heterocycles. The van der Waals surface area contributed by atoms with Crippen LogP contribution < -0.4 is 5.19 Å². The molecule has 0 N–H and O–H groups in total. The average Bonchev–Trinajstić information content (AvgIpc) is 2.98. The summed E-state index contributed by atoms with van der Waals surface area (Å²) in [7, 11) is -1.34. The molecule has 2 heterocycles. The molecule has 0 aliphatic heterocycles. The van der Waals surface area contributed by atoms with Crippen LogP contribution in [0, 0.1) is 19.0 Å². The van der Waals surface area contributed by atoms with E-state index in [9.17, 15) is 0 Å². The first-order chi connectivity index (χ1) is 19.4. The van der Waals surface area contributed by atoms with Crippen molar-refractivity contribution in [3.05, 3.63) is 138 Å². The number of hydrogen-bond donors (Lipinski definition) is 0. The number of aromatic nitrogens is 2. The molecule has 0 fully saturated rings. The molecule has 0 aliphatic carbocycles. The van der Waals surface area contributed by atoms with Crippen LogP contribution >= 0.6 is 0 Å². The summed E-state index contributed by atoms with van der Waals surface area (Å²) in [5.74, 6) is 0. The molecule has 0 bridgehead atoms. The molecule has 0 atom stereocenters. The molecule has 2 aromatic heterocycles. The number of benzene rings is 3. The Morgan fingerprint density at radius 3 is 2.08 bits per heavy atom. The van der Waals surface area contributed by atoms with Crippen LogP contribution in [0.15, 0.2) is 109 Å². The molecule has 0 aliphatic rings. The van der Waals surface area contributed by atoms with Gasteiger partial charge in [0.05, 0.1) is 8.07 Å². The summed E-state index contributed by atoms with van der Waals surface area (Å²) in [6.07, 6.45) is 3.81. The van der Waals surface area contributed by atoms with E-state index in [2.05, 4.69) is 104 Å². The molecule has 39 heavy (non-hydrogen) atoms. The van der Waals surface area contributed by atoms with Gasteiger partial charge in [-0.25, -0.2) is 0 Å². The average molecular weight is 708 g/mol. The Hall–Kier alpha value is -3.17. The van der Waals surface area contributed by atoms with Crippen LogP contribution in [0.5, 0.6) is 0 Å². The molecule has 0 unspecified atom stereocenters. The van der Waals surface area contributed by atoms with Gasteiger partial charge >= 0.3 is 0 Å². The van der Waals surface area contributed by atoms with Crippen molar-refractivity contribution in [2.24, 2.45) is 0 Å². The maximum Gasteiger partial charge on any atom is 0.0795 e. The van der Waals surface area contributed by atoms with Gasteiger partial charge in [0.2, 0.25) is 0 Å². The minimum absolute atomic E-state index is 0. The van der Waals surface area contributed by atoms with Gasteiger partial charge in [0, 0.05) is 42.0 Å². The Morgan fingerprint density at radius 2 is 1.49 bits per heavy atom. The molecule has 1 radical (unpaired) electrons. The SMILES string of the molecule is CC(C)(c1ccccc1)c1ccnc(-c2[c-]cccc2)c1.[2H]C([2H])([2H])c1c[c-]c(-c2ccc([Si](C)(C)C)cn2)cc1.[Ir]. The molecule has 201 valence electrons. The minimum atomic E-state index is -2.08. The van der Waals surface area contributed by atoms with E-state index in [1.54, 1.807) is 12.1 Å². The number of hydrogen-bond acceptors (Lipinski definition) is 2. The van der Waals surface area contributed by atoms with Crippen LogP contribution in [0.3, 0.4) is 0 Å². The zero-order chi connectivity index (χ0) is 29.7. The van der Waals surface area contributed by atoms with Gasteiger partial charge in [-0.1, -0.05) is 88.9 Å². The van der Waals surface area contributed by atoms with Crippen molar-refractivity contribution in [3.8, 4) is 22.5 Å². The molecule has 0 amide bonds. The summed E-state index contributed by atoms with van der Waals surface area (Å²) in [6.45, 7) is 9.25. The second-order valence-corrected chi connectivity index (χ2v) is 15.9. The first-order valence-corrected chi connectivity index (χ1v) is 16.3. The van der Waals surface area contributed by atoms with Gasteiger partial charge in [-0.15, -0.1) is 71.3 Å². The summed E-state index contributed by atoms with van der Waals surface area (Å²) in [4.78, 5) is 8.96. The van der Waals surface area contributed by atoms with Crippen LogP contribution in [0.2, 0.25) is 19.6 Å². The normalized spacial score (nSPS) is 12.6. The van der Waals surface area contributed by atoms with Crippen LogP contribution in [0.1, 0.15) is 34.7 Å². The van der Waals surface area contributed by atoms with Crippen molar-refractivity contribution in [3.63, 3.8) is 0 Å². The van der Waals surface area contributed by atoms with E-state index in [-0.39, 0.29) is 25.5 Å². The molecule has 0 saturated carbocycles. The van der Waals surface area contributed by atoms with E-state index in [4.69, 9.17) is 4.11 Å². The first kappa shape index (κ1) is 26.1. The zero-order valence-corrected chi connectivity index (χ0v) is 26.5. The Labute approximate surface area is 253 Å². The summed E-state index contributed by atoms with van der Waals surface area (Å²) >= 11 is 0. The van der Waals surface area contributed by atoms with Gasteiger partial charge in [-0.2, -0.15) is 0 Å². The van der Waals surface area contributed by atoms with E-state index in [1.165, 1.54) is 22.4 Å². The Kier molecular flexibility index (Phi) is 8.86. The van der Waals surface area contributed by atoms with E-state index >= 15 is 0 Å². The summed E-state index contributed by atoms with van der Waals surface area (Å²) in [5, 5.41) is 1.31. The number of pyridine rings is 2. The van der Waals surface area contributed by atoms with E-state index in [0.717, 1.165) is 22.5 Å². The smallest absolute Gasteiger partial charge is 0.0795 e. The Bertz CT molecular complexity index is 1490. The second-order valence-electron chi connectivity index (χ2n) is 10.9. The molecular weight excluding hydrogens is 669 g/mol. The van der Waals surface area contributed by atoms with Crippen molar-refractivity contribution in [1.29, 1.82) is 0 Å². The number of aryl methyl sites for hydroxylation is 1. The molecule has 0 spiro atoms. The van der Waals surface area contributed by atoms with Gasteiger partial charge < -0.3 is 9.97 Å². The van der Waals surface area contributed by atoms with Crippen molar-refractivity contribution in [2.75, 3.05) is 0 Å². The third kappa shape index (κ3) is 7.92. The minimum Gasteiger partial charge on any atom is -0.305 e. The van der Waals surface area contributed by atoms with Gasteiger partial charge in [-0.05, 0) is 33.8 Å². The summed E-state index contributed by atoms with van der Waals surface area (Å²) in [6, 6.07) is 38.0. The van der Waals surface area contributed by atoms with E-state index in [0.29, 0.717) is 5.56 Å². The van der Waals surface area contributed by atoms with Gasteiger partial charge in [0.15, 0.2) is 0 Å². The predicted octanol–water partition coefficient (Wildman–Crippen LogP) is 8.27. The largest absolute Gasteiger partial charge is 0.305 e. The maximum absolute atomic E-state index is 7.35. The predicted molar refractivity (Wildman–Crippen MR) is 163 cm³/mol. The number of nitrogens with zero attached hydrogens (tertiary/aromatic N) is 2. The van der Waals surface area contributed by atoms with E-state index < -0.39 is 14.9 Å². The molecule has 2 nitrogen and oxygen atoms in total. The van der Waals surface area contributed by atoms with Crippen molar-refractivity contribution in [1.82, 2.24) is 9.97 Å². The fourth-order valence-electron chi connectivity index (χ4n) is 4.12. The fourth-order valence-corrected chi connectivity index (χ4v) is 5.16. The third-order valence-corrected chi connectivity index (χ3v) is 8.71. The van der Waals surface area contributed by atoms with Crippen molar-refractivity contribution < 1.29 is 24.2 Å². The van der Waals surface area contributed by atoms with Crippen LogP contribution in [0.4, 0.5) is 0 Å². The first-order valence-electron chi connectivity index (χ1n) is 14.3. The Balaban J connectivity index is 0.000000225. The van der Waals surface area contributed by atoms with Gasteiger partial charge in [-0.3, -0.25) is 0 Å². The monoisotopic (exact) mass is 708 g/mol. The number of rotatable bonds is 5. The van der Waals surface area contributed by atoms with Crippen LogP contribution in [-0.4, -0.2) is 18.0 Å².